The van der Waals surface area contributed by atoms with Crippen LogP contribution in [-0.2, 0) is 27.2 Å². The fourth-order valence-corrected chi connectivity index (χ4v) is 5.55. The van der Waals surface area contributed by atoms with Crippen molar-refractivity contribution in [1.29, 1.82) is 0 Å². The largest absolute Gasteiger partial charge is 0.489 e. The summed E-state index contributed by atoms with van der Waals surface area (Å²) >= 11 is 7.54. The first-order chi connectivity index (χ1) is 18.3. The third-order valence-corrected chi connectivity index (χ3v) is 8.07. The van der Waals surface area contributed by atoms with Crippen LogP contribution < -0.4 is 14.4 Å². The second-order valence-corrected chi connectivity index (χ2v) is 11.9. The predicted octanol–water partition coefficient (Wildman–Crippen LogP) is 6.62. The van der Waals surface area contributed by atoms with Gasteiger partial charge >= 0.3 is 0 Å². The molecule has 1 N–H and O–H groups in total. The van der Waals surface area contributed by atoms with E-state index in [9.17, 15) is 13.2 Å². The van der Waals surface area contributed by atoms with E-state index in [4.69, 9.17) is 16.3 Å². The maximum absolute atomic E-state index is 13.0. The van der Waals surface area contributed by atoms with Crippen LogP contribution in [0.5, 0.6) is 5.75 Å². The number of nitrogens with one attached hydrogen (secondary N) is 1. The van der Waals surface area contributed by atoms with Gasteiger partial charge in [-0.2, -0.15) is 0 Å². The number of halogens is 1. The highest BCUT2D eigenvalue weighted by molar-refractivity contribution is 7.98. The number of benzene rings is 4. The van der Waals surface area contributed by atoms with Crippen molar-refractivity contribution in [1.82, 2.24) is 0 Å². The van der Waals surface area contributed by atoms with Crippen LogP contribution in [0, 0.1) is 0 Å². The highest BCUT2D eigenvalue weighted by Crippen LogP contribution is 2.30. The van der Waals surface area contributed by atoms with Gasteiger partial charge in [0.05, 0.1) is 17.6 Å². The zero-order valence-electron chi connectivity index (χ0n) is 20.7. The summed E-state index contributed by atoms with van der Waals surface area (Å²) in [4.78, 5) is 13.8. The van der Waals surface area contributed by atoms with Crippen LogP contribution in [0.25, 0.3) is 0 Å². The number of thioether (sulfide) groups is 1. The number of ether oxygens (including phenoxy) is 1. The number of carbonyl (C=O) groups excluding carboxylic acids is 1. The Morgan fingerprint density at radius 1 is 0.868 bits per heavy atom. The van der Waals surface area contributed by atoms with E-state index < -0.39 is 15.9 Å². The van der Waals surface area contributed by atoms with Crippen molar-refractivity contribution < 1.29 is 17.9 Å². The summed E-state index contributed by atoms with van der Waals surface area (Å²) in [5.74, 6) is 0.847. The molecule has 0 aliphatic heterocycles. The van der Waals surface area contributed by atoms with Crippen molar-refractivity contribution in [2.45, 2.75) is 17.3 Å². The van der Waals surface area contributed by atoms with Crippen LogP contribution in [-0.4, -0.2) is 27.1 Å². The Morgan fingerprint density at radius 2 is 1.53 bits per heavy atom. The molecule has 4 aromatic carbocycles. The Labute approximate surface area is 232 Å². The van der Waals surface area contributed by atoms with E-state index in [0.717, 1.165) is 26.6 Å². The van der Waals surface area contributed by atoms with Crippen LogP contribution in [0.15, 0.2) is 108 Å². The number of hydrogen-bond donors (Lipinski definition) is 1. The third kappa shape index (κ3) is 8.02. The summed E-state index contributed by atoms with van der Waals surface area (Å²) < 4.78 is 32.0. The van der Waals surface area contributed by atoms with E-state index >= 15 is 0 Å². The Hall–Kier alpha value is -3.46. The van der Waals surface area contributed by atoms with Gasteiger partial charge in [-0.3, -0.25) is 9.10 Å². The molecule has 6 nitrogen and oxygen atoms in total. The number of nitrogens with zero attached hydrogens (tertiary/aromatic N) is 1. The number of para-hydroxylation sites is 1. The first-order valence-electron chi connectivity index (χ1n) is 11.8. The van der Waals surface area contributed by atoms with Gasteiger partial charge in [0, 0.05) is 15.7 Å². The molecule has 0 aliphatic carbocycles. The van der Waals surface area contributed by atoms with E-state index in [1.807, 2.05) is 72.8 Å². The van der Waals surface area contributed by atoms with Gasteiger partial charge < -0.3 is 10.1 Å². The van der Waals surface area contributed by atoms with Crippen molar-refractivity contribution in [2.75, 3.05) is 22.4 Å². The first-order valence-corrected chi connectivity index (χ1v) is 15.0. The third-order valence-electron chi connectivity index (χ3n) is 5.53. The van der Waals surface area contributed by atoms with Gasteiger partial charge in [-0.15, -0.1) is 11.8 Å². The molecule has 0 radical (unpaired) electrons. The normalized spacial score (nSPS) is 11.1. The van der Waals surface area contributed by atoms with Gasteiger partial charge in [-0.05, 0) is 59.7 Å². The van der Waals surface area contributed by atoms with Crippen molar-refractivity contribution in [3.05, 3.63) is 119 Å². The molecule has 0 bridgehead atoms. The minimum Gasteiger partial charge on any atom is -0.489 e. The van der Waals surface area contributed by atoms with Gasteiger partial charge in [0.2, 0.25) is 15.9 Å². The number of anilines is 2. The minimum atomic E-state index is -3.72. The molecule has 0 heterocycles. The smallest absolute Gasteiger partial charge is 0.245 e. The van der Waals surface area contributed by atoms with Crippen molar-refractivity contribution in [2.24, 2.45) is 0 Å². The standard InChI is InChI=1S/C29H27ClN2O4S2/c1-38(34,35)32(25-15-17-26(18-16-25)36-20-22-7-3-2-4-8-22)19-29(33)31-27-9-5-6-10-28(27)37-21-23-11-13-24(30)14-12-23/h2-18H,19-21H2,1H3,(H,31,33). The molecule has 0 atom stereocenters. The van der Waals surface area contributed by atoms with Crippen LogP contribution in [0.1, 0.15) is 11.1 Å². The lowest BCUT2D eigenvalue weighted by atomic mass is 10.2. The van der Waals surface area contributed by atoms with E-state index in [1.165, 1.54) is 0 Å². The van der Waals surface area contributed by atoms with E-state index in [-0.39, 0.29) is 6.54 Å². The molecule has 38 heavy (non-hydrogen) atoms. The number of rotatable bonds is 11. The molecule has 0 unspecified atom stereocenters. The number of hydrogen-bond acceptors (Lipinski definition) is 5. The van der Waals surface area contributed by atoms with Gasteiger partial charge in [0.1, 0.15) is 18.9 Å². The summed E-state index contributed by atoms with van der Waals surface area (Å²) in [7, 11) is -3.72. The first kappa shape index (κ1) is 27.6. The van der Waals surface area contributed by atoms with Crippen LogP contribution >= 0.6 is 23.4 Å². The summed E-state index contributed by atoms with van der Waals surface area (Å²) in [6.07, 6.45) is 1.08. The molecule has 9 heteroatoms. The predicted molar refractivity (Wildman–Crippen MR) is 155 cm³/mol. The van der Waals surface area contributed by atoms with Crippen molar-refractivity contribution >= 4 is 50.7 Å². The topological polar surface area (TPSA) is 75.7 Å². The number of amides is 1. The second kappa shape index (κ2) is 12.9. The summed E-state index contributed by atoms with van der Waals surface area (Å²) in [5.41, 5.74) is 3.12. The molecular formula is C29H27ClN2O4S2. The Kier molecular flexibility index (Phi) is 9.33. The van der Waals surface area contributed by atoms with E-state index in [1.54, 1.807) is 42.1 Å². The van der Waals surface area contributed by atoms with Crippen molar-refractivity contribution in [3.8, 4) is 5.75 Å². The molecule has 0 spiro atoms. The molecule has 0 fully saturated rings. The molecule has 0 aromatic heterocycles. The SMILES string of the molecule is CS(=O)(=O)N(CC(=O)Nc1ccccc1SCc1ccc(Cl)cc1)c1ccc(OCc2ccccc2)cc1. The zero-order valence-corrected chi connectivity index (χ0v) is 23.1. The van der Waals surface area contributed by atoms with E-state index in [2.05, 4.69) is 5.32 Å². The second-order valence-electron chi connectivity index (χ2n) is 8.50. The summed E-state index contributed by atoms with van der Waals surface area (Å²) in [5, 5.41) is 3.54. The quantitative estimate of drug-likeness (QED) is 0.207. The number of carbonyl (C=O) groups is 1. The summed E-state index contributed by atoms with van der Waals surface area (Å²) in [6, 6.07) is 31.4. The number of sulfonamides is 1. The lowest BCUT2D eigenvalue weighted by molar-refractivity contribution is -0.114. The average Bonchev–Trinajstić information content (AvgIpc) is 2.91. The molecule has 1 amide bonds. The highest BCUT2D eigenvalue weighted by Gasteiger charge is 2.21. The lowest BCUT2D eigenvalue weighted by Gasteiger charge is -2.22. The van der Waals surface area contributed by atoms with E-state index in [0.29, 0.717) is 34.5 Å². The molecular weight excluding hydrogens is 540 g/mol. The average molecular weight is 567 g/mol. The molecule has 4 rings (SSSR count). The Bertz CT molecular complexity index is 1460. The van der Waals surface area contributed by atoms with Crippen LogP contribution in [0.3, 0.4) is 0 Å². The zero-order chi connectivity index (χ0) is 27.0. The molecule has 0 saturated carbocycles. The van der Waals surface area contributed by atoms with Crippen LogP contribution in [0.4, 0.5) is 11.4 Å². The van der Waals surface area contributed by atoms with Gasteiger partial charge in [-0.1, -0.05) is 66.2 Å². The summed E-state index contributed by atoms with van der Waals surface area (Å²) in [6.45, 7) is 0.0348. The Morgan fingerprint density at radius 3 is 2.21 bits per heavy atom. The highest BCUT2D eigenvalue weighted by atomic mass is 35.5. The Balaban J connectivity index is 1.41. The minimum absolute atomic E-state index is 0.362. The van der Waals surface area contributed by atoms with Gasteiger partial charge in [0.15, 0.2) is 0 Å². The van der Waals surface area contributed by atoms with Gasteiger partial charge in [0.25, 0.3) is 0 Å². The fraction of sp³-hybridized carbons (Fsp3) is 0.138. The molecule has 196 valence electrons. The van der Waals surface area contributed by atoms with Gasteiger partial charge in [-0.25, -0.2) is 8.42 Å². The molecule has 4 aromatic rings. The molecule has 0 aliphatic rings. The monoisotopic (exact) mass is 566 g/mol. The van der Waals surface area contributed by atoms with Crippen molar-refractivity contribution in [3.63, 3.8) is 0 Å². The fourth-order valence-electron chi connectivity index (χ4n) is 3.61. The maximum atomic E-state index is 13.0. The van der Waals surface area contributed by atoms with Crippen LogP contribution in [0.2, 0.25) is 5.02 Å². The maximum Gasteiger partial charge on any atom is 0.245 e. The molecule has 0 saturated heterocycles. The lowest BCUT2D eigenvalue weighted by Crippen LogP contribution is -2.37.